The zero-order valence-electron chi connectivity index (χ0n) is 13.0. The second kappa shape index (κ2) is 7.64. The largest absolute Gasteiger partial charge is 0.454 e. The highest BCUT2D eigenvalue weighted by Gasteiger charge is 2.24. The van der Waals surface area contributed by atoms with Gasteiger partial charge in [0.05, 0.1) is 0 Å². The lowest BCUT2D eigenvalue weighted by atomic mass is 9.96. The summed E-state index contributed by atoms with van der Waals surface area (Å²) < 4.78 is 10.6. The molecule has 0 unspecified atom stereocenters. The van der Waals surface area contributed by atoms with Gasteiger partial charge in [0, 0.05) is 24.6 Å². The number of Topliss-reactive ketones (excluding diaryl/α,β-unsaturated/α-hetero) is 1. The van der Waals surface area contributed by atoms with Crippen LogP contribution in [0.5, 0.6) is 11.5 Å². The van der Waals surface area contributed by atoms with Crippen molar-refractivity contribution in [2.45, 2.75) is 0 Å². The lowest BCUT2D eigenvalue weighted by Crippen LogP contribution is -2.35. The van der Waals surface area contributed by atoms with Crippen LogP contribution in [0.1, 0.15) is 10.4 Å². The molecule has 1 aromatic rings. The van der Waals surface area contributed by atoms with E-state index in [0.29, 0.717) is 17.1 Å². The number of carbonyl (C=O) groups excluding carboxylic acids is 1. The van der Waals surface area contributed by atoms with Crippen LogP contribution in [0.25, 0.3) is 0 Å². The minimum atomic E-state index is -0.0552. The Morgan fingerprint density at radius 1 is 1.10 bits per heavy atom. The van der Waals surface area contributed by atoms with Gasteiger partial charge in [0.2, 0.25) is 6.79 Å². The third-order valence-corrected chi connectivity index (χ3v) is 3.20. The van der Waals surface area contributed by atoms with E-state index in [9.17, 15) is 4.79 Å². The van der Waals surface area contributed by atoms with E-state index in [1.807, 2.05) is 44.1 Å². The third kappa shape index (κ3) is 4.59. The van der Waals surface area contributed by atoms with Gasteiger partial charge in [-0.25, -0.2) is 0 Å². The molecular formula is C15H23ClN2O3. The van der Waals surface area contributed by atoms with Crippen LogP contribution in [0.15, 0.2) is 18.2 Å². The summed E-state index contributed by atoms with van der Waals surface area (Å²) in [5, 5.41) is 0. The second-order valence-electron chi connectivity index (χ2n) is 5.65. The first-order valence-electron chi connectivity index (χ1n) is 6.70. The van der Waals surface area contributed by atoms with Crippen molar-refractivity contribution in [3.63, 3.8) is 0 Å². The molecule has 0 saturated carbocycles. The molecule has 118 valence electrons. The summed E-state index contributed by atoms with van der Waals surface area (Å²) in [7, 11) is 7.93. The zero-order valence-corrected chi connectivity index (χ0v) is 13.8. The number of hydrogen-bond acceptors (Lipinski definition) is 5. The van der Waals surface area contributed by atoms with E-state index in [1.54, 1.807) is 12.1 Å². The monoisotopic (exact) mass is 314 g/mol. The van der Waals surface area contributed by atoms with Gasteiger partial charge in [-0.2, -0.15) is 0 Å². The Labute approximate surface area is 132 Å². The fraction of sp³-hybridized carbons (Fsp3) is 0.533. The number of ketones is 1. The maximum Gasteiger partial charge on any atom is 0.231 e. The summed E-state index contributed by atoms with van der Waals surface area (Å²) in [6.07, 6.45) is 0. The molecule has 0 spiro atoms. The van der Waals surface area contributed by atoms with Gasteiger partial charge in [-0.1, -0.05) is 0 Å². The molecule has 21 heavy (non-hydrogen) atoms. The molecule has 0 amide bonds. The second-order valence-corrected chi connectivity index (χ2v) is 5.65. The lowest BCUT2D eigenvalue weighted by Gasteiger charge is -2.23. The number of halogens is 1. The van der Waals surface area contributed by atoms with Crippen molar-refractivity contribution in [3.05, 3.63) is 23.8 Å². The van der Waals surface area contributed by atoms with Gasteiger partial charge in [-0.15, -0.1) is 12.4 Å². The number of ether oxygens (including phenoxy) is 2. The average Bonchev–Trinajstić information content (AvgIpc) is 2.83. The van der Waals surface area contributed by atoms with Gasteiger partial charge in [0.1, 0.15) is 0 Å². The quantitative estimate of drug-likeness (QED) is 0.749. The first-order valence-corrected chi connectivity index (χ1v) is 6.70. The van der Waals surface area contributed by atoms with Gasteiger partial charge in [0.25, 0.3) is 0 Å². The van der Waals surface area contributed by atoms with Gasteiger partial charge in [0.15, 0.2) is 17.3 Å². The van der Waals surface area contributed by atoms with Crippen LogP contribution >= 0.6 is 12.4 Å². The summed E-state index contributed by atoms with van der Waals surface area (Å²) in [6.45, 7) is 1.68. The first kappa shape index (κ1) is 17.8. The molecule has 0 atom stereocenters. The Balaban J connectivity index is 0.00000220. The highest BCUT2D eigenvalue weighted by molar-refractivity contribution is 5.98. The van der Waals surface area contributed by atoms with Crippen molar-refractivity contribution in [2.24, 2.45) is 5.92 Å². The lowest BCUT2D eigenvalue weighted by molar-refractivity contribution is 0.0870. The maximum absolute atomic E-state index is 12.7. The van der Waals surface area contributed by atoms with Crippen LogP contribution in [-0.4, -0.2) is 63.7 Å². The molecule has 1 aromatic carbocycles. The fourth-order valence-corrected chi connectivity index (χ4v) is 2.39. The van der Waals surface area contributed by atoms with Crippen LogP contribution in [0, 0.1) is 5.92 Å². The highest BCUT2D eigenvalue weighted by atomic mass is 35.5. The van der Waals surface area contributed by atoms with Crippen LogP contribution in [0.2, 0.25) is 0 Å². The minimum absolute atomic E-state index is 0. The number of carbonyl (C=O) groups is 1. The molecule has 0 bridgehead atoms. The molecule has 0 radical (unpaired) electrons. The Bertz CT molecular complexity index is 482. The van der Waals surface area contributed by atoms with E-state index < -0.39 is 0 Å². The van der Waals surface area contributed by atoms with Gasteiger partial charge >= 0.3 is 0 Å². The third-order valence-electron chi connectivity index (χ3n) is 3.20. The molecule has 2 rings (SSSR count). The van der Waals surface area contributed by atoms with Crippen molar-refractivity contribution in [2.75, 3.05) is 48.1 Å². The van der Waals surface area contributed by atoms with Crippen molar-refractivity contribution in [1.82, 2.24) is 9.80 Å². The van der Waals surface area contributed by atoms with Crippen LogP contribution < -0.4 is 9.47 Å². The van der Waals surface area contributed by atoms with Gasteiger partial charge in [-0.05, 0) is 46.4 Å². The molecule has 0 aliphatic carbocycles. The normalized spacial score (nSPS) is 12.9. The predicted octanol–water partition coefficient (Wildman–Crippen LogP) is 1.76. The van der Waals surface area contributed by atoms with Crippen molar-refractivity contribution in [3.8, 4) is 11.5 Å². The Hall–Kier alpha value is -1.30. The number of nitrogens with zero attached hydrogens (tertiary/aromatic N) is 2. The Morgan fingerprint density at radius 3 is 2.24 bits per heavy atom. The summed E-state index contributed by atoms with van der Waals surface area (Å²) in [5.74, 6) is 1.45. The van der Waals surface area contributed by atoms with E-state index in [-0.39, 0.29) is 30.9 Å². The van der Waals surface area contributed by atoms with E-state index >= 15 is 0 Å². The molecular weight excluding hydrogens is 292 g/mol. The number of benzene rings is 1. The van der Waals surface area contributed by atoms with Crippen LogP contribution in [-0.2, 0) is 0 Å². The Morgan fingerprint density at radius 2 is 1.67 bits per heavy atom. The molecule has 1 heterocycles. The molecule has 0 aromatic heterocycles. The van der Waals surface area contributed by atoms with Gasteiger partial charge in [-0.3, -0.25) is 4.79 Å². The fourth-order valence-electron chi connectivity index (χ4n) is 2.39. The molecule has 0 N–H and O–H groups in total. The molecule has 0 saturated heterocycles. The van der Waals surface area contributed by atoms with Crippen molar-refractivity contribution >= 4 is 18.2 Å². The Kier molecular flexibility index (Phi) is 6.45. The summed E-state index contributed by atoms with van der Waals surface area (Å²) in [6, 6.07) is 5.40. The highest BCUT2D eigenvalue weighted by Crippen LogP contribution is 2.33. The standard InChI is InChI=1S/C15H22N2O3.ClH/c1-16(2)8-12(9-17(3)4)15(18)11-5-6-13-14(7-11)20-10-19-13;/h5-7,12H,8-10H2,1-4H3;1H. The van der Waals surface area contributed by atoms with E-state index in [1.165, 1.54) is 0 Å². The summed E-state index contributed by atoms with van der Waals surface area (Å²) in [4.78, 5) is 16.7. The molecule has 1 aliphatic rings. The van der Waals surface area contributed by atoms with E-state index in [2.05, 4.69) is 0 Å². The SMILES string of the molecule is CN(C)CC(CN(C)C)C(=O)c1ccc2c(c1)OCO2.Cl. The first-order chi connectivity index (χ1) is 9.47. The summed E-state index contributed by atoms with van der Waals surface area (Å²) in [5.41, 5.74) is 0.683. The van der Waals surface area contributed by atoms with Crippen molar-refractivity contribution in [1.29, 1.82) is 0 Å². The van der Waals surface area contributed by atoms with E-state index in [4.69, 9.17) is 9.47 Å². The van der Waals surface area contributed by atoms with Crippen LogP contribution in [0.4, 0.5) is 0 Å². The van der Waals surface area contributed by atoms with Crippen LogP contribution in [0.3, 0.4) is 0 Å². The number of hydrogen-bond donors (Lipinski definition) is 0. The van der Waals surface area contributed by atoms with E-state index in [0.717, 1.165) is 13.1 Å². The average molecular weight is 315 g/mol. The smallest absolute Gasteiger partial charge is 0.231 e. The minimum Gasteiger partial charge on any atom is -0.454 e. The van der Waals surface area contributed by atoms with Crippen molar-refractivity contribution < 1.29 is 14.3 Å². The topological polar surface area (TPSA) is 42.0 Å². The molecule has 6 heteroatoms. The number of rotatable bonds is 6. The zero-order chi connectivity index (χ0) is 14.7. The van der Waals surface area contributed by atoms with Gasteiger partial charge < -0.3 is 19.3 Å². The predicted molar refractivity (Wildman–Crippen MR) is 84.7 cm³/mol. The molecule has 1 aliphatic heterocycles. The maximum atomic E-state index is 12.7. The molecule has 5 nitrogen and oxygen atoms in total. The molecule has 0 fully saturated rings. The summed E-state index contributed by atoms with van der Waals surface area (Å²) >= 11 is 0. The number of fused-ring (bicyclic) bond motifs is 1.